The standard InChI is InChI=1S/C15H21Cl2N7/c1-18-15(20-4-2-8-24-9-3-5-23-24)21-7-6-19-14-13(17)10-12(16)11-22-14/h3,5,9-11H,2,4,6-8H2,1H3,(H,19,22)(H2,18,20,21). The zero-order valence-electron chi connectivity index (χ0n) is 13.5. The fraction of sp³-hybridized carbons (Fsp3) is 0.400. The SMILES string of the molecule is CN=C(NCCCn1cccn1)NCCNc1ncc(Cl)cc1Cl. The van der Waals surface area contributed by atoms with Crippen LogP contribution in [0, 0.1) is 0 Å². The third-order valence-electron chi connectivity index (χ3n) is 3.16. The lowest BCUT2D eigenvalue weighted by Crippen LogP contribution is -2.40. The van der Waals surface area contributed by atoms with E-state index in [1.54, 1.807) is 25.5 Å². The smallest absolute Gasteiger partial charge is 0.191 e. The third-order valence-corrected chi connectivity index (χ3v) is 3.65. The van der Waals surface area contributed by atoms with Crippen molar-refractivity contribution < 1.29 is 0 Å². The molecule has 2 rings (SSSR count). The Bertz CT molecular complexity index is 643. The lowest BCUT2D eigenvalue weighted by molar-refractivity contribution is 0.570. The fourth-order valence-electron chi connectivity index (χ4n) is 2.01. The fourth-order valence-corrected chi connectivity index (χ4v) is 2.45. The number of anilines is 1. The number of hydrogen-bond donors (Lipinski definition) is 3. The monoisotopic (exact) mass is 369 g/mol. The van der Waals surface area contributed by atoms with Gasteiger partial charge in [-0.15, -0.1) is 0 Å². The Morgan fingerprint density at radius 1 is 1.25 bits per heavy atom. The van der Waals surface area contributed by atoms with Crippen LogP contribution in [0.4, 0.5) is 5.82 Å². The molecule has 0 saturated carbocycles. The maximum absolute atomic E-state index is 6.05. The second-order valence-electron chi connectivity index (χ2n) is 4.96. The first-order valence-corrected chi connectivity index (χ1v) is 8.41. The van der Waals surface area contributed by atoms with Crippen molar-refractivity contribution in [3.8, 4) is 0 Å². The Labute approximate surface area is 151 Å². The molecule has 0 atom stereocenters. The van der Waals surface area contributed by atoms with Crippen LogP contribution in [-0.4, -0.2) is 47.4 Å². The van der Waals surface area contributed by atoms with Gasteiger partial charge >= 0.3 is 0 Å². The second-order valence-corrected chi connectivity index (χ2v) is 5.80. The van der Waals surface area contributed by atoms with Gasteiger partial charge < -0.3 is 16.0 Å². The van der Waals surface area contributed by atoms with E-state index < -0.39 is 0 Å². The first-order chi connectivity index (χ1) is 11.7. The number of aryl methyl sites for hydroxylation is 1. The van der Waals surface area contributed by atoms with Crippen molar-refractivity contribution in [1.82, 2.24) is 25.4 Å². The minimum Gasteiger partial charge on any atom is -0.367 e. The van der Waals surface area contributed by atoms with Gasteiger partial charge in [-0.1, -0.05) is 23.2 Å². The van der Waals surface area contributed by atoms with Gasteiger partial charge in [0.05, 0.1) is 10.0 Å². The van der Waals surface area contributed by atoms with E-state index in [4.69, 9.17) is 23.2 Å². The van der Waals surface area contributed by atoms with Crippen molar-refractivity contribution in [3.63, 3.8) is 0 Å². The zero-order chi connectivity index (χ0) is 17.2. The van der Waals surface area contributed by atoms with E-state index in [-0.39, 0.29) is 0 Å². The Balaban J connectivity index is 1.61. The van der Waals surface area contributed by atoms with Crippen LogP contribution in [0.5, 0.6) is 0 Å². The molecular weight excluding hydrogens is 349 g/mol. The summed E-state index contributed by atoms with van der Waals surface area (Å²) >= 11 is 11.9. The molecule has 2 aromatic rings. The molecule has 0 fully saturated rings. The molecule has 130 valence electrons. The minimum absolute atomic E-state index is 0.503. The summed E-state index contributed by atoms with van der Waals surface area (Å²) in [6, 6.07) is 3.58. The molecule has 0 radical (unpaired) electrons. The molecule has 3 N–H and O–H groups in total. The zero-order valence-corrected chi connectivity index (χ0v) is 15.0. The predicted octanol–water partition coefficient (Wildman–Crippen LogP) is 2.25. The average Bonchev–Trinajstić information content (AvgIpc) is 3.08. The van der Waals surface area contributed by atoms with Gasteiger partial charge in [0.2, 0.25) is 0 Å². The Morgan fingerprint density at radius 2 is 2.08 bits per heavy atom. The van der Waals surface area contributed by atoms with Crippen molar-refractivity contribution in [2.45, 2.75) is 13.0 Å². The van der Waals surface area contributed by atoms with Crippen LogP contribution >= 0.6 is 23.2 Å². The van der Waals surface area contributed by atoms with E-state index in [2.05, 4.69) is 31.0 Å². The summed E-state index contributed by atoms with van der Waals surface area (Å²) in [5.41, 5.74) is 0. The molecule has 0 aromatic carbocycles. The van der Waals surface area contributed by atoms with E-state index in [1.165, 1.54) is 0 Å². The Kier molecular flexibility index (Phi) is 7.64. The maximum Gasteiger partial charge on any atom is 0.191 e. The normalized spacial score (nSPS) is 11.4. The number of rotatable bonds is 8. The number of aliphatic imine (C=N–C) groups is 1. The van der Waals surface area contributed by atoms with E-state index in [1.807, 2.05) is 16.9 Å². The summed E-state index contributed by atoms with van der Waals surface area (Å²) in [4.78, 5) is 8.32. The van der Waals surface area contributed by atoms with Gasteiger partial charge in [0.15, 0.2) is 5.96 Å². The second kappa shape index (κ2) is 10.00. The first-order valence-electron chi connectivity index (χ1n) is 7.66. The van der Waals surface area contributed by atoms with Crippen LogP contribution < -0.4 is 16.0 Å². The van der Waals surface area contributed by atoms with Crippen LogP contribution in [0.25, 0.3) is 0 Å². The van der Waals surface area contributed by atoms with Crippen molar-refractivity contribution >= 4 is 35.0 Å². The summed E-state index contributed by atoms with van der Waals surface area (Å²) in [7, 11) is 1.74. The molecule has 0 spiro atoms. The topological polar surface area (TPSA) is 79.2 Å². The summed E-state index contributed by atoms with van der Waals surface area (Å²) in [6.45, 7) is 3.03. The van der Waals surface area contributed by atoms with Gasteiger partial charge in [0.1, 0.15) is 5.82 Å². The van der Waals surface area contributed by atoms with Crippen LogP contribution in [0.3, 0.4) is 0 Å². The number of aromatic nitrogens is 3. The molecule has 2 heterocycles. The highest BCUT2D eigenvalue weighted by Gasteiger charge is 2.02. The maximum atomic E-state index is 6.05. The quantitative estimate of drug-likeness (QED) is 0.377. The molecule has 0 saturated heterocycles. The minimum atomic E-state index is 0.503. The van der Waals surface area contributed by atoms with Gasteiger partial charge in [-0.25, -0.2) is 4.98 Å². The van der Waals surface area contributed by atoms with Gasteiger partial charge in [-0.05, 0) is 18.6 Å². The van der Waals surface area contributed by atoms with Crippen LogP contribution in [0.15, 0.2) is 35.7 Å². The highest BCUT2D eigenvalue weighted by atomic mass is 35.5. The molecule has 24 heavy (non-hydrogen) atoms. The molecule has 0 amide bonds. The lowest BCUT2D eigenvalue weighted by Gasteiger charge is -2.13. The van der Waals surface area contributed by atoms with Crippen LogP contribution in [-0.2, 0) is 6.54 Å². The third kappa shape index (κ3) is 6.25. The Hall–Kier alpha value is -1.99. The molecule has 2 aromatic heterocycles. The number of nitrogens with one attached hydrogen (secondary N) is 3. The van der Waals surface area contributed by atoms with E-state index >= 15 is 0 Å². The van der Waals surface area contributed by atoms with Crippen LogP contribution in [0.1, 0.15) is 6.42 Å². The molecule has 0 aliphatic rings. The highest BCUT2D eigenvalue weighted by molar-refractivity contribution is 6.35. The van der Waals surface area contributed by atoms with E-state index in [0.29, 0.717) is 29.0 Å². The molecular formula is C15H21Cl2N7. The Morgan fingerprint density at radius 3 is 2.79 bits per heavy atom. The van der Waals surface area contributed by atoms with Crippen molar-refractivity contribution in [1.29, 1.82) is 0 Å². The van der Waals surface area contributed by atoms with Gasteiger partial charge in [-0.3, -0.25) is 9.67 Å². The summed E-state index contributed by atoms with van der Waals surface area (Å²) in [5, 5.41) is 14.8. The number of hydrogen-bond acceptors (Lipinski definition) is 4. The van der Waals surface area contributed by atoms with Gasteiger partial charge in [0, 0.05) is 51.8 Å². The van der Waals surface area contributed by atoms with Crippen molar-refractivity contribution in [3.05, 3.63) is 40.8 Å². The lowest BCUT2D eigenvalue weighted by atomic mass is 10.4. The average molecular weight is 370 g/mol. The van der Waals surface area contributed by atoms with Gasteiger partial charge in [0.25, 0.3) is 0 Å². The molecule has 7 nitrogen and oxygen atoms in total. The number of nitrogens with zero attached hydrogens (tertiary/aromatic N) is 4. The number of pyridine rings is 1. The first kappa shape index (κ1) is 18.4. The molecule has 9 heteroatoms. The molecule has 0 unspecified atom stereocenters. The van der Waals surface area contributed by atoms with Crippen molar-refractivity contribution in [2.24, 2.45) is 4.99 Å². The summed E-state index contributed by atoms with van der Waals surface area (Å²) in [6.07, 6.45) is 6.26. The molecule has 0 aliphatic carbocycles. The van der Waals surface area contributed by atoms with Crippen LogP contribution in [0.2, 0.25) is 10.0 Å². The summed E-state index contributed by atoms with van der Waals surface area (Å²) < 4.78 is 1.91. The largest absolute Gasteiger partial charge is 0.367 e. The number of guanidine groups is 1. The van der Waals surface area contributed by atoms with E-state index in [0.717, 1.165) is 25.5 Å². The number of halogens is 2. The summed E-state index contributed by atoms with van der Waals surface area (Å²) in [5.74, 6) is 1.37. The van der Waals surface area contributed by atoms with Crippen molar-refractivity contribution in [2.75, 3.05) is 32.0 Å². The van der Waals surface area contributed by atoms with Gasteiger partial charge in [-0.2, -0.15) is 5.10 Å². The highest BCUT2D eigenvalue weighted by Crippen LogP contribution is 2.21. The predicted molar refractivity (Wildman–Crippen MR) is 99.0 cm³/mol. The molecule has 0 aliphatic heterocycles. The molecule has 0 bridgehead atoms. The van der Waals surface area contributed by atoms with E-state index in [9.17, 15) is 0 Å².